The summed E-state index contributed by atoms with van der Waals surface area (Å²) in [6.07, 6.45) is 5.08. The summed E-state index contributed by atoms with van der Waals surface area (Å²) < 4.78 is 0. The summed E-state index contributed by atoms with van der Waals surface area (Å²) >= 11 is 11.1. The van der Waals surface area contributed by atoms with Gasteiger partial charge in [-0.2, -0.15) is 0 Å². The van der Waals surface area contributed by atoms with Gasteiger partial charge in [0.15, 0.2) is 5.11 Å². The van der Waals surface area contributed by atoms with E-state index in [1.807, 2.05) is 0 Å². The van der Waals surface area contributed by atoms with Crippen molar-refractivity contribution in [1.82, 2.24) is 21.2 Å². The summed E-state index contributed by atoms with van der Waals surface area (Å²) in [4.78, 5) is 15.9. The van der Waals surface area contributed by atoms with Crippen LogP contribution in [-0.2, 0) is 0 Å². The first-order valence-electron chi connectivity index (χ1n) is 7.46. The first-order chi connectivity index (χ1) is 10.5. The zero-order valence-electron chi connectivity index (χ0n) is 12.7. The number of thiocarbonyl (C=S) groups is 1. The van der Waals surface area contributed by atoms with Gasteiger partial charge in [-0.15, -0.1) is 0 Å². The molecule has 0 saturated heterocycles. The fourth-order valence-corrected chi connectivity index (χ4v) is 3.13. The van der Waals surface area contributed by atoms with Gasteiger partial charge in [-0.05, 0) is 42.6 Å². The molecule has 1 saturated carbocycles. The normalized spacial score (nSPS) is 24.4. The zero-order chi connectivity index (χ0) is 16.1. The number of nitrogens with one attached hydrogen (secondary N) is 3. The number of amides is 1. The highest BCUT2D eigenvalue weighted by atomic mass is 35.5. The number of pyridine rings is 1. The third-order valence-corrected chi connectivity index (χ3v) is 4.84. The molecule has 1 aliphatic rings. The highest BCUT2D eigenvalue weighted by Crippen LogP contribution is 2.29. The number of carbonyl (C=O) groups excluding carboxylic acids is 1. The molecule has 2 rings (SSSR count). The van der Waals surface area contributed by atoms with Crippen molar-refractivity contribution >= 4 is 34.8 Å². The van der Waals surface area contributed by atoms with Crippen LogP contribution in [0, 0.1) is 11.8 Å². The van der Waals surface area contributed by atoms with Gasteiger partial charge in [0.05, 0.1) is 5.56 Å². The Hall–Kier alpha value is -1.40. The maximum Gasteiger partial charge on any atom is 0.272 e. The average molecular weight is 341 g/mol. The Morgan fingerprint density at radius 3 is 2.86 bits per heavy atom. The molecule has 1 aromatic heterocycles. The molecule has 22 heavy (non-hydrogen) atoms. The van der Waals surface area contributed by atoms with E-state index in [1.54, 1.807) is 12.1 Å². The van der Waals surface area contributed by atoms with Crippen LogP contribution in [0.15, 0.2) is 18.3 Å². The third kappa shape index (κ3) is 4.30. The van der Waals surface area contributed by atoms with Crippen molar-refractivity contribution < 1.29 is 4.79 Å². The summed E-state index contributed by atoms with van der Waals surface area (Å²) in [5.74, 6) is 0.863. The van der Waals surface area contributed by atoms with Crippen LogP contribution in [0.2, 0.25) is 5.15 Å². The number of carbonyl (C=O) groups is 1. The Balaban J connectivity index is 1.83. The third-order valence-electron chi connectivity index (χ3n) is 4.32. The van der Waals surface area contributed by atoms with Gasteiger partial charge >= 0.3 is 0 Å². The Kier molecular flexibility index (Phi) is 5.97. The van der Waals surface area contributed by atoms with Crippen molar-refractivity contribution in [3.8, 4) is 0 Å². The molecule has 7 heteroatoms. The minimum Gasteiger partial charge on any atom is -0.358 e. The minimum absolute atomic E-state index is 0.162. The highest BCUT2D eigenvalue weighted by Gasteiger charge is 2.27. The summed E-state index contributed by atoms with van der Waals surface area (Å²) in [7, 11) is 0. The van der Waals surface area contributed by atoms with E-state index in [2.05, 4.69) is 35.0 Å². The molecule has 0 radical (unpaired) electrons. The second kappa shape index (κ2) is 7.74. The van der Waals surface area contributed by atoms with Gasteiger partial charge in [0.25, 0.3) is 5.91 Å². The summed E-state index contributed by atoms with van der Waals surface area (Å²) in [6.45, 7) is 4.50. The van der Waals surface area contributed by atoms with E-state index in [-0.39, 0.29) is 11.1 Å². The van der Waals surface area contributed by atoms with Crippen molar-refractivity contribution in [1.29, 1.82) is 0 Å². The van der Waals surface area contributed by atoms with Crippen molar-refractivity contribution in [2.24, 2.45) is 11.8 Å². The average Bonchev–Trinajstić information content (AvgIpc) is 2.50. The molecule has 1 aromatic rings. The van der Waals surface area contributed by atoms with Crippen LogP contribution in [0.25, 0.3) is 0 Å². The number of nitrogens with zero attached hydrogens (tertiary/aromatic N) is 1. The van der Waals surface area contributed by atoms with Crippen LogP contribution in [0.5, 0.6) is 0 Å². The van der Waals surface area contributed by atoms with E-state index < -0.39 is 0 Å². The molecule has 1 aliphatic carbocycles. The van der Waals surface area contributed by atoms with Crippen LogP contribution < -0.4 is 16.2 Å². The summed E-state index contributed by atoms with van der Waals surface area (Å²) in [6, 6.07) is 3.60. The van der Waals surface area contributed by atoms with Crippen molar-refractivity contribution in [2.75, 3.05) is 0 Å². The predicted octanol–water partition coefficient (Wildman–Crippen LogP) is 2.67. The summed E-state index contributed by atoms with van der Waals surface area (Å²) in [5, 5.41) is 3.86. The van der Waals surface area contributed by atoms with Crippen LogP contribution in [0.3, 0.4) is 0 Å². The number of aromatic nitrogens is 1. The first kappa shape index (κ1) is 17.0. The van der Waals surface area contributed by atoms with Gasteiger partial charge in [-0.3, -0.25) is 15.6 Å². The maximum absolute atomic E-state index is 12.0. The predicted molar refractivity (Wildman–Crippen MR) is 91.5 cm³/mol. The SMILES string of the molecule is C[C@H]1[C@H](C)CCC[C@@H]1NC(=S)NNC(=O)c1cccnc1Cl. The van der Waals surface area contributed by atoms with Gasteiger partial charge < -0.3 is 5.32 Å². The number of halogens is 1. The molecule has 3 atom stereocenters. The van der Waals surface area contributed by atoms with E-state index in [0.717, 1.165) is 6.42 Å². The molecule has 1 fully saturated rings. The standard InChI is InChI=1S/C15H21ClN4OS/c1-9-5-3-7-12(10(9)2)18-15(22)20-19-14(21)11-6-4-8-17-13(11)16/h4,6,8-10,12H,3,5,7H2,1-2H3,(H,19,21)(H2,18,20,22)/t9-,10+,12+/m1/s1. The van der Waals surface area contributed by atoms with Gasteiger partial charge in [0, 0.05) is 12.2 Å². The number of hydrogen-bond donors (Lipinski definition) is 3. The largest absolute Gasteiger partial charge is 0.358 e. The van der Waals surface area contributed by atoms with Crippen LogP contribution in [0.4, 0.5) is 0 Å². The second-order valence-corrected chi connectivity index (χ2v) is 6.53. The number of hydrogen-bond acceptors (Lipinski definition) is 3. The lowest BCUT2D eigenvalue weighted by Gasteiger charge is -2.35. The van der Waals surface area contributed by atoms with Crippen LogP contribution in [0.1, 0.15) is 43.5 Å². The van der Waals surface area contributed by atoms with E-state index in [9.17, 15) is 4.79 Å². The van der Waals surface area contributed by atoms with Gasteiger partial charge in [0.1, 0.15) is 5.15 Å². The molecule has 1 amide bonds. The number of rotatable bonds is 2. The van der Waals surface area contributed by atoms with Gasteiger partial charge in [-0.1, -0.05) is 38.3 Å². The van der Waals surface area contributed by atoms with Crippen LogP contribution >= 0.6 is 23.8 Å². The van der Waals surface area contributed by atoms with E-state index in [0.29, 0.717) is 28.6 Å². The molecule has 0 aliphatic heterocycles. The Bertz CT molecular complexity index is 554. The quantitative estimate of drug-likeness (QED) is 0.439. The molecule has 0 spiro atoms. The molecule has 120 valence electrons. The molecule has 0 aromatic carbocycles. The van der Waals surface area contributed by atoms with Gasteiger partial charge in [-0.25, -0.2) is 4.98 Å². The first-order valence-corrected chi connectivity index (χ1v) is 8.25. The zero-order valence-corrected chi connectivity index (χ0v) is 14.3. The summed E-state index contributed by atoms with van der Waals surface area (Å²) in [5.41, 5.74) is 5.57. The highest BCUT2D eigenvalue weighted by molar-refractivity contribution is 7.80. The Morgan fingerprint density at radius 1 is 1.36 bits per heavy atom. The molecular formula is C15H21ClN4OS. The van der Waals surface area contributed by atoms with Crippen molar-refractivity contribution in [3.63, 3.8) is 0 Å². The molecule has 1 heterocycles. The van der Waals surface area contributed by atoms with Crippen LogP contribution in [-0.4, -0.2) is 22.0 Å². The lowest BCUT2D eigenvalue weighted by atomic mass is 9.78. The molecule has 0 bridgehead atoms. The van der Waals surface area contributed by atoms with E-state index in [1.165, 1.54) is 19.0 Å². The van der Waals surface area contributed by atoms with E-state index >= 15 is 0 Å². The number of hydrazine groups is 1. The Morgan fingerprint density at radius 2 is 2.14 bits per heavy atom. The fourth-order valence-electron chi connectivity index (χ4n) is 2.73. The minimum atomic E-state index is -0.368. The molecule has 3 N–H and O–H groups in total. The molecule has 5 nitrogen and oxygen atoms in total. The molecule has 0 unspecified atom stereocenters. The van der Waals surface area contributed by atoms with Crippen molar-refractivity contribution in [3.05, 3.63) is 29.0 Å². The fraction of sp³-hybridized carbons (Fsp3) is 0.533. The monoisotopic (exact) mass is 340 g/mol. The Labute approximate surface area is 141 Å². The van der Waals surface area contributed by atoms with E-state index in [4.69, 9.17) is 23.8 Å². The molecular weight excluding hydrogens is 320 g/mol. The second-order valence-electron chi connectivity index (χ2n) is 5.77. The van der Waals surface area contributed by atoms with Crippen molar-refractivity contribution in [2.45, 2.75) is 39.2 Å². The van der Waals surface area contributed by atoms with Gasteiger partial charge in [0.2, 0.25) is 0 Å². The lowest BCUT2D eigenvalue weighted by molar-refractivity contribution is 0.0943. The topological polar surface area (TPSA) is 66.0 Å². The lowest BCUT2D eigenvalue weighted by Crippen LogP contribution is -2.52. The smallest absolute Gasteiger partial charge is 0.272 e. The maximum atomic E-state index is 12.0.